The van der Waals surface area contributed by atoms with Crippen molar-refractivity contribution in [2.24, 2.45) is 5.92 Å². The van der Waals surface area contributed by atoms with Crippen molar-refractivity contribution in [3.05, 3.63) is 30.1 Å². The molecule has 6 heteroatoms. The largest absolute Gasteiger partial charge is 0.300 e. The molecule has 1 atom stereocenters. The molecule has 1 aromatic heterocycles. The molecular weight excluding hydrogens is 310 g/mol. The maximum Gasteiger partial charge on any atom is 0.211 e. The summed E-state index contributed by atoms with van der Waals surface area (Å²) in [5, 5.41) is 0. The molecule has 0 saturated carbocycles. The molecule has 1 aromatic rings. The normalized spacial score (nSPS) is 25.5. The van der Waals surface area contributed by atoms with E-state index in [0.29, 0.717) is 25.0 Å². The van der Waals surface area contributed by atoms with Gasteiger partial charge in [0.1, 0.15) is 0 Å². The van der Waals surface area contributed by atoms with Crippen molar-refractivity contribution in [3.63, 3.8) is 0 Å². The zero-order valence-corrected chi connectivity index (χ0v) is 14.7. The molecule has 0 bridgehead atoms. The van der Waals surface area contributed by atoms with Crippen LogP contribution in [-0.4, -0.2) is 61.1 Å². The van der Waals surface area contributed by atoms with Gasteiger partial charge in [0.25, 0.3) is 0 Å². The Morgan fingerprint density at radius 3 is 2.65 bits per heavy atom. The summed E-state index contributed by atoms with van der Waals surface area (Å²) in [6, 6.07) is 4.72. The minimum absolute atomic E-state index is 0.546. The van der Waals surface area contributed by atoms with Crippen molar-refractivity contribution in [3.8, 4) is 0 Å². The first-order valence-electron chi connectivity index (χ1n) is 8.60. The van der Waals surface area contributed by atoms with Crippen LogP contribution >= 0.6 is 0 Å². The molecule has 3 rings (SSSR count). The highest BCUT2D eigenvalue weighted by atomic mass is 32.2. The van der Waals surface area contributed by atoms with Crippen molar-refractivity contribution >= 4 is 10.0 Å². The molecule has 0 radical (unpaired) electrons. The van der Waals surface area contributed by atoms with E-state index in [0.717, 1.165) is 32.4 Å². The Balaban J connectivity index is 1.53. The highest BCUT2D eigenvalue weighted by Crippen LogP contribution is 2.26. The van der Waals surface area contributed by atoms with Crippen molar-refractivity contribution in [2.75, 3.05) is 32.4 Å². The number of nitrogens with zero attached hydrogens (tertiary/aromatic N) is 3. The van der Waals surface area contributed by atoms with Crippen LogP contribution in [0.4, 0.5) is 0 Å². The summed E-state index contributed by atoms with van der Waals surface area (Å²) in [6.07, 6.45) is 10.7. The van der Waals surface area contributed by atoms with E-state index in [2.05, 4.69) is 16.0 Å². The molecular formula is C17H27N3O2S. The lowest BCUT2D eigenvalue weighted by atomic mass is 9.90. The Bertz CT molecular complexity index is 598. The second-order valence-electron chi connectivity index (χ2n) is 6.96. The number of hydrogen-bond acceptors (Lipinski definition) is 4. The van der Waals surface area contributed by atoms with Crippen LogP contribution in [0.1, 0.15) is 31.2 Å². The summed E-state index contributed by atoms with van der Waals surface area (Å²) in [6.45, 7) is 3.64. The van der Waals surface area contributed by atoms with Gasteiger partial charge < -0.3 is 4.90 Å². The van der Waals surface area contributed by atoms with E-state index < -0.39 is 10.0 Å². The number of hydrogen-bond donors (Lipinski definition) is 0. The third-order valence-corrected chi connectivity index (χ3v) is 6.51. The van der Waals surface area contributed by atoms with Crippen LogP contribution in [0.3, 0.4) is 0 Å². The molecule has 0 spiro atoms. The van der Waals surface area contributed by atoms with Gasteiger partial charge in [-0.15, -0.1) is 0 Å². The standard InChI is InChI=1S/C17H27N3O2S/c1-23(21,22)20-10-6-17(7-11-20)19-9-3-5-16(14-19)12-15-4-2-8-18-13-15/h2,4,8,13,16-17H,3,5-7,9-12,14H2,1H3/t16-/m1/s1. The molecule has 2 aliphatic rings. The van der Waals surface area contributed by atoms with Crippen LogP contribution in [0.5, 0.6) is 0 Å². The SMILES string of the molecule is CS(=O)(=O)N1CCC(N2CCC[C@H](Cc3cccnc3)C2)CC1. The number of rotatable bonds is 4. The number of aromatic nitrogens is 1. The molecule has 5 nitrogen and oxygen atoms in total. The summed E-state index contributed by atoms with van der Waals surface area (Å²) < 4.78 is 24.9. The molecule has 3 heterocycles. The molecule has 2 fully saturated rings. The van der Waals surface area contributed by atoms with Gasteiger partial charge in [-0.2, -0.15) is 0 Å². The van der Waals surface area contributed by atoms with Crippen molar-refractivity contribution in [1.29, 1.82) is 0 Å². The zero-order chi connectivity index (χ0) is 16.3. The van der Waals surface area contributed by atoms with Crippen LogP contribution in [0.15, 0.2) is 24.5 Å². The lowest BCUT2D eigenvalue weighted by Gasteiger charge is -2.42. The molecule has 0 amide bonds. The summed E-state index contributed by atoms with van der Waals surface area (Å²) in [5.41, 5.74) is 1.33. The molecule has 0 N–H and O–H groups in total. The molecule has 2 saturated heterocycles. The fourth-order valence-corrected chi connectivity index (χ4v) is 4.86. The van der Waals surface area contributed by atoms with E-state index in [-0.39, 0.29) is 0 Å². The van der Waals surface area contributed by atoms with Crippen LogP contribution in [-0.2, 0) is 16.4 Å². The van der Waals surface area contributed by atoms with E-state index in [1.807, 2.05) is 18.5 Å². The number of piperidine rings is 2. The van der Waals surface area contributed by atoms with E-state index >= 15 is 0 Å². The highest BCUT2D eigenvalue weighted by molar-refractivity contribution is 7.88. The van der Waals surface area contributed by atoms with Gasteiger partial charge in [0, 0.05) is 38.1 Å². The Kier molecular flexibility index (Phi) is 5.34. The van der Waals surface area contributed by atoms with Gasteiger partial charge in [-0.1, -0.05) is 6.07 Å². The highest BCUT2D eigenvalue weighted by Gasteiger charge is 2.31. The predicted molar refractivity (Wildman–Crippen MR) is 91.7 cm³/mol. The minimum atomic E-state index is -3.02. The average Bonchev–Trinajstić information content (AvgIpc) is 2.55. The summed E-state index contributed by atoms with van der Waals surface area (Å²) in [4.78, 5) is 6.82. The predicted octanol–water partition coefficient (Wildman–Crippen LogP) is 1.76. The fourth-order valence-electron chi connectivity index (χ4n) is 3.99. The lowest BCUT2D eigenvalue weighted by Crippen LogP contribution is -2.49. The van der Waals surface area contributed by atoms with E-state index in [1.165, 1.54) is 24.7 Å². The maximum atomic E-state index is 11.6. The van der Waals surface area contributed by atoms with E-state index in [1.54, 1.807) is 4.31 Å². The molecule has 0 aliphatic carbocycles. The minimum Gasteiger partial charge on any atom is -0.300 e. The quantitative estimate of drug-likeness (QED) is 0.840. The van der Waals surface area contributed by atoms with Gasteiger partial charge >= 0.3 is 0 Å². The smallest absolute Gasteiger partial charge is 0.211 e. The van der Waals surface area contributed by atoms with E-state index in [9.17, 15) is 8.42 Å². The molecule has 0 unspecified atom stereocenters. The van der Waals surface area contributed by atoms with Gasteiger partial charge in [0.05, 0.1) is 6.26 Å². The van der Waals surface area contributed by atoms with Gasteiger partial charge in [0.2, 0.25) is 10.0 Å². The molecule has 23 heavy (non-hydrogen) atoms. The third kappa shape index (κ3) is 4.52. The third-order valence-electron chi connectivity index (χ3n) is 5.21. The van der Waals surface area contributed by atoms with Crippen molar-refractivity contribution in [1.82, 2.24) is 14.2 Å². The van der Waals surface area contributed by atoms with Crippen LogP contribution in [0, 0.1) is 5.92 Å². The first kappa shape index (κ1) is 16.9. The Morgan fingerprint density at radius 1 is 1.22 bits per heavy atom. The first-order chi connectivity index (χ1) is 11.0. The Labute approximate surface area is 139 Å². The van der Waals surface area contributed by atoms with E-state index in [4.69, 9.17) is 0 Å². The van der Waals surface area contributed by atoms with Gasteiger partial charge in [-0.05, 0) is 56.2 Å². The average molecular weight is 337 g/mol. The second kappa shape index (κ2) is 7.28. The summed E-state index contributed by atoms with van der Waals surface area (Å²) >= 11 is 0. The van der Waals surface area contributed by atoms with Gasteiger partial charge in [0.15, 0.2) is 0 Å². The topological polar surface area (TPSA) is 53.5 Å². The van der Waals surface area contributed by atoms with Gasteiger partial charge in [-0.25, -0.2) is 12.7 Å². The lowest BCUT2D eigenvalue weighted by molar-refractivity contribution is 0.0896. The number of likely N-dealkylation sites (tertiary alicyclic amines) is 1. The first-order valence-corrected chi connectivity index (χ1v) is 10.5. The monoisotopic (exact) mass is 337 g/mol. The Hall–Kier alpha value is -0.980. The van der Waals surface area contributed by atoms with Crippen molar-refractivity contribution in [2.45, 2.75) is 38.1 Å². The second-order valence-corrected chi connectivity index (χ2v) is 8.94. The van der Waals surface area contributed by atoms with Gasteiger partial charge in [-0.3, -0.25) is 4.98 Å². The molecule has 128 valence electrons. The van der Waals surface area contributed by atoms with Crippen LogP contribution < -0.4 is 0 Å². The maximum absolute atomic E-state index is 11.6. The molecule has 2 aliphatic heterocycles. The van der Waals surface area contributed by atoms with Crippen molar-refractivity contribution < 1.29 is 8.42 Å². The molecule has 0 aromatic carbocycles. The fraction of sp³-hybridized carbons (Fsp3) is 0.706. The van der Waals surface area contributed by atoms with Crippen LogP contribution in [0.2, 0.25) is 0 Å². The summed E-state index contributed by atoms with van der Waals surface area (Å²) in [7, 11) is -3.02. The Morgan fingerprint density at radius 2 is 2.00 bits per heavy atom. The number of pyridine rings is 1. The number of sulfonamides is 1. The zero-order valence-electron chi connectivity index (χ0n) is 13.9. The summed E-state index contributed by atoms with van der Waals surface area (Å²) in [5.74, 6) is 0.695. The van der Waals surface area contributed by atoms with Crippen LogP contribution in [0.25, 0.3) is 0 Å².